The number of anilines is 1. The molecule has 2 nitrogen and oxygen atoms in total. The average molecular weight is 211 g/mol. The van der Waals surface area contributed by atoms with Crippen molar-refractivity contribution in [2.75, 3.05) is 5.73 Å². The number of nitrogens with two attached hydrogens (primary N) is 1. The second kappa shape index (κ2) is 3.21. The molecule has 0 aliphatic carbocycles. The van der Waals surface area contributed by atoms with Crippen molar-refractivity contribution in [1.82, 2.24) is 0 Å². The van der Waals surface area contributed by atoms with Crippen LogP contribution in [0.2, 0.25) is 0 Å². The lowest BCUT2D eigenvalue weighted by molar-refractivity contribution is 0.283. The molecule has 1 heterocycles. The largest absolute Gasteiger partial charge is 0.392 e. The number of hydrogen-bond donors (Lipinski definition) is 3. The van der Waals surface area contributed by atoms with Crippen molar-refractivity contribution >= 4 is 39.1 Å². The molecule has 0 atom stereocenters. The van der Waals surface area contributed by atoms with Gasteiger partial charge in [-0.25, -0.2) is 0 Å². The molecule has 1 aromatic carbocycles. The Kier molecular flexibility index (Phi) is 2.19. The molecule has 0 spiro atoms. The molecule has 0 amide bonds. The fourth-order valence-corrected chi connectivity index (χ4v) is 2.59. The van der Waals surface area contributed by atoms with Crippen LogP contribution in [0.5, 0.6) is 0 Å². The van der Waals surface area contributed by atoms with Crippen molar-refractivity contribution in [3.8, 4) is 0 Å². The summed E-state index contributed by atoms with van der Waals surface area (Å²) < 4.78 is 1.03. The summed E-state index contributed by atoms with van der Waals surface area (Å²) in [5.41, 5.74) is 6.60. The van der Waals surface area contributed by atoms with E-state index in [0.717, 1.165) is 25.5 Å². The van der Waals surface area contributed by atoms with Crippen LogP contribution in [-0.4, -0.2) is 5.11 Å². The Labute approximate surface area is 85.4 Å². The van der Waals surface area contributed by atoms with Gasteiger partial charge >= 0.3 is 0 Å². The van der Waals surface area contributed by atoms with E-state index in [-0.39, 0.29) is 6.61 Å². The highest BCUT2D eigenvalue weighted by Crippen LogP contribution is 2.34. The normalized spacial score (nSPS) is 10.9. The van der Waals surface area contributed by atoms with Crippen molar-refractivity contribution in [3.05, 3.63) is 23.8 Å². The van der Waals surface area contributed by atoms with Gasteiger partial charge in [0.05, 0.1) is 11.6 Å². The third-order valence-corrected chi connectivity index (χ3v) is 3.36. The first-order valence-corrected chi connectivity index (χ1v) is 5.09. The molecule has 0 fully saturated rings. The Morgan fingerprint density at radius 2 is 2.23 bits per heavy atom. The van der Waals surface area contributed by atoms with Crippen LogP contribution in [0.25, 0.3) is 10.1 Å². The Balaban J connectivity index is 2.83. The van der Waals surface area contributed by atoms with Crippen molar-refractivity contribution in [2.45, 2.75) is 11.5 Å². The summed E-state index contributed by atoms with van der Waals surface area (Å²) in [6.45, 7) is 0.0461. The molecule has 2 aromatic rings. The maximum atomic E-state index is 9.08. The number of aliphatic hydroxyl groups excluding tert-OH is 1. The number of nitrogen functional groups attached to an aromatic ring is 1. The monoisotopic (exact) mass is 211 g/mol. The second-order valence-corrected chi connectivity index (χ2v) is 4.36. The van der Waals surface area contributed by atoms with Crippen LogP contribution in [0.1, 0.15) is 5.56 Å². The number of thiol groups is 1. The molecule has 2 rings (SSSR count). The quantitative estimate of drug-likeness (QED) is 0.634. The first-order chi connectivity index (χ1) is 6.22. The highest BCUT2D eigenvalue weighted by molar-refractivity contribution is 7.80. The molecule has 3 N–H and O–H groups in total. The van der Waals surface area contributed by atoms with E-state index >= 15 is 0 Å². The number of fused-ring (bicyclic) bond motifs is 1. The predicted molar refractivity (Wildman–Crippen MR) is 59.4 cm³/mol. The lowest BCUT2D eigenvalue weighted by Gasteiger charge is -1.99. The topological polar surface area (TPSA) is 46.2 Å². The first-order valence-electron chi connectivity index (χ1n) is 3.83. The van der Waals surface area contributed by atoms with Crippen molar-refractivity contribution in [3.63, 3.8) is 0 Å². The lowest BCUT2D eigenvalue weighted by atomic mass is 10.2. The van der Waals surface area contributed by atoms with E-state index < -0.39 is 0 Å². The summed E-state index contributed by atoms with van der Waals surface area (Å²) >= 11 is 5.81. The zero-order valence-corrected chi connectivity index (χ0v) is 8.53. The summed E-state index contributed by atoms with van der Waals surface area (Å²) in [6.07, 6.45) is 0. The van der Waals surface area contributed by atoms with Crippen molar-refractivity contribution < 1.29 is 5.11 Å². The summed E-state index contributed by atoms with van der Waals surface area (Å²) in [7, 11) is 0. The average Bonchev–Trinajstić information content (AvgIpc) is 2.48. The van der Waals surface area contributed by atoms with Gasteiger partial charge in [0.2, 0.25) is 0 Å². The van der Waals surface area contributed by atoms with E-state index in [1.807, 2.05) is 18.2 Å². The SMILES string of the molecule is Nc1cc2c(S)ccc(CO)c2s1. The zero-order chi connectivity index (χ0) is 9.42. The van der Waals surface area contributed by atoms with Gasteiger partial charge in [-0.15, -0.1) is 24.0 Å². The van der Waals surface area contributed by atoms with Crippen molar-refractivity contribution in [1.29, 1.82) is 0 Å². The zero-order valence-electron chi connectivity index (χ0n) is 6.82. The molecular formula is C9H9NOS2. The third-order valence-electron chi connectivity index (χ3n) is 1.93. The van der Waals surface area contributed by atoms with Crippen LogP contribution in [0.3, 0.4) is 0 Å². The Bertz CT molecular complexity index is 450. The molecule has 68 valence electrons. The summed E-state index contributed by atoms with van der Waals surface area (Å²) in [4.78, 5) is 0.903. The fraction of sp³-hybridized carbons (Fsp3) is 0.111. The molecule has 0 unspecified atom stereocenters. The van der Waals surface area contributed by atoms with Crippen LogP contribution >= 0.6 is 24.0 Å². The summed E-state index contributed by atoms with van der Waals surface area (Å²) in [6, 6.07) is 5.64. The minimum absolute atomic E-state index is 0.0461. The van der Waals surface area contributed by atoms with E-state index in [1.54, 1.807) is 0 Å². The molecule has 0 saturated carbocycles. The molecule has 0 aliphatic heterocycles. The van der Waals surface area contributed by atoms with Crippen LogP contribution in [0, 0.1) is 0 Å². The van der Waals surface area contributed by atoms with Gasteiger partial charge in [0.15, 0.2) is 0 Å². The van der Waals surface area contributed by atoms with E-state index in [4.69, 9.17) is 10.8 Å². The number of hydrogen-bond acceptors (Lipinski definition) is 4. The van der Waals surface area contributed by atoms with Gasteiger partial charge < -0.3 is 10.8 Å². The molecular weight excluding hydrogens is 202 g/mol. The maximum Gasteiger partial charge on any atom is 0.0869 e. The molecule has 0 saturated heterocycles. The van der Waals surface area contributed by atoms with Crippen LogP contribution in [0.4, 0.5) is 5.00 Å². The molecule has 13 heavy (non-hydrogen) atoms. The van der Waals surface area contributed by atoms with Gasteiger partial charge in [-0.05, 0) is 17.7 Å². The molecule has 1 aromatic heterocycles. The van der Waals surface area contributed by atoms with Gasteiger partial charge in [-0.3, -0.25) is 0 Å². The smallest absolute Gasteiger partial charge is 0.0869 e. The highest BCUT2D eigenvalue weighted by Gasteiger charge is 2.06. The second-order valence-electron chi connectivity index (χ2n) is 2.79. The van der Waals surface area contributed by atoms with E-state index in [2.05, 4.69) is 12.6 Å². The van der Waals surface area contributed by atoms with Crippen LogP contribution in [-0.2, 0) is 6.61 Å². The molecule has 0 radical (unpaired) electrons. The third kappa shape index (κ3) is 1.41. The molecule has 4 heteroatoms. The Hall–Kier alpha value is -0.710. The molecule has 0 bridgehead atoms. The van der Waals surface area contributed by atoms with Gasteiger partial charge in [0, 0.05) is 15.0 Å². The lowest BCUT2D eigenvalue weighted by Crippen LogP contribution is -1.82. The van der Waals surface area contributed by atoms with Crippen LogP contribution < -0.4 is 5.73 Å². The number of thiophene rings is 1. The van der Waals surface area contributed by atoms with Gasteiger partial charge in [-0.2, -0.15) is 0 Å². The first kappa shape index (κ1) is 8.87. The standard InChI is InChI=1S/C9H9NOS2/c10-8-3-6-7(12)2-1-5(4-11)9(6)13-8/h1-3,11-12H,4,10H2. The van der Waals surface area contributed by atoms with Gasteiger partial charge in [-0.1, -0.05) is 6.07 Å². The van der Waals surface area contributed by atoms with Gasteiger partial charge in [0.1, 0.15) is 0 Å². The minimum atomic E-state index is 0.0461. The van der Waals surface area contributed by atoms with Crippen LogP contribution in [0.15, 0.2) is 23.1 Å². The number of benzene rings is 1. The Morgan fingerprint density at radius 1 is 1.46 bits per heavy atom. The van der Waals surface area contributed by atoms with Crippen molar-refractivity contribution in [2.24, 2.45) is 0 Å². The minimum Gasteiger partial charge on any atom is -0.392 e. The number of rotatable bonds is 1. The van der Waals surface area contributed by atoms with E-state index in [1.165, 1.54) is 11.3 Å². The van der Waals surface area contributed by atoms with E-state index in [0.29, 0.717) is 0 Å². The van der Waals surface area contributed by atoms with E-state index in [9.17, 15) is 0 Å². The fourth-order valence-electron chi connectivity index (χ4n) is 1.31. The Morgan fingerprint density at radius 3 is 2.92 bits per heavy atom. The highest BCUT2D eigenvalue weighted by atomic mass is 32.1. The molecule has 0 aliphatic rings. The maximum absolute atomic E-state index is 9.08. The summed E-state index contributed by atoms with van der Waals surface area (Å²) in [5.74, 6) is 0. The predicted octanol–water partition coefficient (Wildman–Crippen LogP) is 2.26. The summed E-state index contributed by atoms with van der Waals surface area (Å²) in [5, 5.41) is 10.9. The number of aliphatic hydroxyl groups is 1. The van der Waals surface area contributed by atoms with Gasteiger partial charge in [0.25, 0.3) is 0 Å².